The van der Waals surface area contributed by atoms with Crippen molar-refractivity contribution in [3.05, 3.63) is 5.89 Å². The van der Waals surface area contributed by atoms with Crippen molar-refractivity contribution in [2.75, 3.05) is 5.73 Å². The van der Waals surface area contributed by atoms with Gasteiger partial charge in [-0.1, -0.05) is 13.8 Å². The number of aryl methyl sites for hydroxylation is 1. The van der Waals surface area contributed by atoms with Gasteiger partial charge < -0.3 is 10.3 Å². The van der Waals surface area contributed by atoms with Crippen LogP contribution in [0.1, 0.15) is 26.2 Å². The summed E-state index contributed by atoms with van der Waals surface area (Å²) in [4.78, 5) is 3.88. The summed E-state index contributed by atoms with van der Waals surface area (Å²) < 4.78 is 4.83. The topological polar surface area (TPSA) is 64.9 Å². The minimum atomic E-state index is 0.226. The Hall–Kier alpha value is -1.06. The number of hydrogen-bond donors (Lipinski definition) is 1. The molecule has 0 atom stereocenters. The zero-order chi connectivity index (χ0) is 8.27. The third-order valence-electron chi connectivity index (χ3n) is 1.42. The molecule has 1 aromatic heterocycles. The van der Waals surface area contributed by atoms with Crippen molar-refractivity contribution >= 4 is 5.95 Å². The van der Waals surface area contributed by atoms with E-state index >= 15 is 0 Å². The van der Waals surface area contributed by atoms with E-state index in [0.29, 0.717) is 11.8 Å². The van der Waals surface area contributed by atoms with E-state index in [-0.39, 0.29) is 5.95 Å². The van der Waals surface area contributed by atoms with Crippen LogP contribution in [0, 0.1) is 5.92 Å². The highest BCUT2D eigenvalue weighted by Crippen LogP contribution is 2.07. The number of hydrogen-bond acceptors (Lipinski definition) is 4. The summed E-state index contributed by atoms with van der Waals surface area (Å²) in [5.41, 5.74) is 5.27. The SMILES string of the molecule is CC(C)CCc1nc(N)no1. The number of aromatic nitrogens is 2. The Bertz CT molecular complexity index is 219. The van der Waals surface area contributed by atoms with Crippen molar-refractivity contribution in [2.45, 2.75) is 26.7 Å². The normalized spacial score (nSPS) is 10.8. The molecule has 62 valence electrons. The highest BCUT2D eigenvalue weighted by Gasteiger charge is 2.03. The molecule has 4 heteroatoms. The van der Waals surface area contributed by atoms with Crippen LogP contribution in [0.5, 0.6) is 0 Å². The van der Waals surface area contributed by atoms with Crippen molar-refractivity contribution < 1.29 is 4.52 Å². The lowest BCUT2D eigenvalue weighted by Crippen LogP contribution is -1.92. The molecule has 0 amide bonds. The van der Waals surface area contributed by atoms with Crippen LogP contribution in [-0.2, 0) is 6.42 Å². The molecular weight excluding hydrogens is 142 g/mol. The van der Waals surface area contributed by atoms with Crippen molar-refractivity contribution in [1.82, 2.24) is 10.1 Å². The summed E-state index contributed by atoms with van der Waals surface area (Å²) in [6, 6.07) is 0. The maximum atomic E-state index is 5.27. The Morgan fingerprint density at radius 1 is 1.55 bits per heavy atom. The lowest BCUT2D eigenvalue weighted by molar-refractivity contribution is 0.368. The summed E-state index contributed by atoms with van der Waals surface area (Å²) in [6.07, 6.45) is 1.88. The van der Waals surface area contributed by atoms with E-state index in [4.69, 9.17) is 10.3 Å². The first kappa shape index (κ1) is 8.04. The quantitative estimate of drug-likeness (QED) is 0.713. The van der Waals surface area contributed by atoms with Gasteiger partial charge >= 0.3 is 0 Å². The molecule has 0 aliphatic carbocycles. The monoisotopic (exact) mass is 155 g/mol. The second kappa shape index (κ2) is 3.37. The zero-order valence-electron chi connectivity index (χ0n) is 6.87. The van der Waals surface area contributed by atoms with Gasteiger partial charge in [-0.3, -0.25) is 0 Å². The van der Waals surface area contributed by atoms with Gasteiger partial charge in [-0.25, -0.2) is 0 Å². The van der Waals surface area contributed by atoms with Crippen molar-refractivity contribution in [2.24, 2.45) is 5.92 Å². The molecule has 0 aliphatic rings. The van der Waals surface area contributed by atoms with E-state index in [1.54, 1.807) is 0 Å². The highest BCUT2D eigenvalue weighted by atomic mass is 16.5. The van der Waals surface area contributed by atoms with E-state index in [2.05, 4.69) is 24.0 Å². The van der Waals surface area contributed by atoms with Gasteiger partial charge in [0.1, 0.15) is 0 Å². The Labute approximate surface area is 65.8 Å². The Morgan fingerprint density at radius 2 is 2.27 bits per heavy atom. The summed E-state index contributed by atoms with van der Waals surface area (Å²) in [7, 11) is 0. The van der Waals surface area contributed by atoms with Crippen molar-refractivity contribution in [1.29, 1.82) is 0 Å². The fourth-order valence-corrected chi connectivity index (χ4v) is 0.782. The molecule has 11 heavy (non-hydrogen) atoms. The maximum Gasteiger partial charge on any atom is 0.260 e. The number of nitrogens with zero attached hydrogens (tertiary/aromatic N) is 2. The van der Waals surface area contributed by atoms with Gasteiger partial charge in [-0.15, -0.1) is 0 Å². The number of rotatable bonds is 3. The van der Waals surface area contributed by atoms with Gasteiger partial charge in [-0.05, 0) is 17.5 Å². The molecule has 0 spiro atoms. The first-order valence-electron chi connectivity index (χ1n) is 3.76. The van der Waals surface area contributed by atoms with Gasteiger partial charge in [0.15, 0.2) is 0 Å². The molecule has 0 saturated carbocycles. The van der Waals surface area contributed by atoms with Gasteiger partial charge in [0, 0.05) is 6.42 Å². The van der Waals surface area contributed by atoms with Crippen LogP contribution in [0.4, 0.5) is 5.95 Å². The third kappa shape index (κ3) is 2.57. The lowest BCUT2D eigenvalue weighted by Gasteiger charge is -1.98. The van der Waals surface area contributed by atoms with Crippen LogP contribution in [0.15, 0.2) is 4.52 Å². The average Bonchev–Trinajstić information content (AvgIpc) is 2.31. The minimum Gasteiger partial charge on any atom is -0.365 e. The minimum absolute atomic E-state index is 0.226. The largest absolute Gasteiger partial charge is 0.365 e. The van der Waals surface area contributed by atoms with E-state index in [1.165, 1.54) is 0 Å². The fourth-order valence-electron chi connectivity index (χ4n) is 0.782. The maximum absolute atomic E-state index is 5.27. The summed E-state index contributed by atoms with van der Waals surface area (Å²) >= 11 is 0. The van der Waals surface area contributed by atoms with Crippen molar-refractivity contribution in [3.63, 3.8) is 0 Å². The molecule has 1 rings (SSSR count). The first-order valence-corrected chi connectivity index (χ1v) is 3.76. The van der Waals surface area contributed by atoms with E-state index in [1.807, 2.05) is 0 Å². The second-order valence-corrected chi connectivity index (χ2v) is 2.98. The summed E-state index contributed by atoms with van der Waals surface area (Å²) in [5.74, 6) is 1.52. The molecule has 0 fully saturated rings. The molecule has 0 bridgehead atoms. The molecule has 0 aliphatic heterocycles. The Balaban J connectivity index is 2.39. The summed E-state index contributed by atoms with van der Waals surface area (Å²) in [5, 5.41) is 3.49. The standard InChI is InChI=1S/C7H13N3O/c1-5(2)3-4-6-9-7(8)10-11-6/h5H,3-4H2,1-2H3,(H2,8,10). The molecule has 1 heterocycles. The fraction of sp³-hybridized carbons (Fsp3) is 0.714. The zero-order valence-corrected chi connectivity index (χ0v) is 6.87. The van der Waals surface area contributed by atoms with Crippen molar-refractivity contribution in [3.8, 4) is 0 Å². The third-order valence-corrected chi connectivity index (χ3v) is 1.42. The number of anilines is 1. The van der Waals surface area contributed by atoms with E-state index < -0.39 is 0 Å². The van der Waals surface area contributed by atoms with E-state index in [9.17, 15) is 0 Å². The van der Waals surface area contributed by atoms with Gasteiger partial charge in [0.05, 0.1) is 0 Å². The van der Waals surface area contributed by atoms with Gasteiger partial charge in [0.2, 0.25) is 5.89 Å². The lowest BCUT2D eigenvalue weighted by atomic mass is 10.1. The molecule has 1 aromatic rings. The second-order valence-electron chi connectivity index (χ2n) is 2.98. The molecule has 0 saturated heterocycles. The predicted molar refractivity (Wildman–Crippen MR) is 41.9 cm³/mol. The van der Waals surface area contributed by atoms with E-state index in [0.717, 1.165) is 12.8 Å². The smallest absolute Gasteiger partial charge is 0.260 e. The predicted octanol–water partition coefficient (Wildman–Crippen LogP) is 1.24. The molecule has 0 aromatic carbocycles. The average molecular weight is 155 g/mol. The summed E-state index contributed by atoms with van der Waals surface area (Å²) in [6.45, 7) is 4.31. The Kier molecular flexibility index (Phi) is 2.46. The molecule has 0 unspecified atom stereocenters. The molecule has 2 N–H and O–H groups in total. The van der Waals surface area contributed by atoms with Gasteiger partial charge in [-0.2, -0.15) is 4.98 Å². The first-order chi connectivity index (χ1) is 5.18. The molecule has 0 radical (unpaired) electrons. The highest BCUT2D eigenvalue weighted by molar-refractivity contribution is 5.10. The molecule has 4 nitrogen and oxygen atoms in total. The number of nitrogen functional groups attached to an aromatic ring is 1. The number of nitrogens with two attached hydrogens (primary N) is 1. The van der Waals surface area contributed by atoms with Crippen LogP contribution in [0.3, 0.4) is 0 Å². The Morgan fingerprint density at radius 3 is 2.73 bits per heavy atom. The van der Waals surface area contributed by atoms with Crippen LogP contribution in [-0.4, -0.2) is 10.1 Å². The van der Waals surface area contributed by atoms with Crippen LogP contribution >= 0.6 is 0 Å². The molecular formula is C7H13N3O. The van der Waals surface area contributed by atoms with Crippen LogP contribution in [0.25, 0.3) is 0 Å². The van der Waals surface area contributed by atoms with Gasteiger partial charge in [0.25, 0.3) is 5.95 Å². The van der Waals surface area contributed by atoms with Crippen LogP contribution in [0.2, 0.25) is 0 Å². The van der Waals surface area contributed by atoms with Crippen LogP contribution < -0.4 is 5.73 Å².